The minimum Gasteiger partial charge on any atom is -0.493 e. The van der Waals surface area contributed by atoms with E-state index >= 15 is 0 Å². The van der Waals surface area contributed by atoms with Crippen molar-refractivity contribution in [1.29, 1.82) is 0 Å². The SMILES string of the molecule is NNC(c1ccc2c(c1)CCO2)C1CC1c1ccccc1. The summed E-state index contributed by atoms with van der Waals surface area (Å²) in [7, 11) is 0. The van der Waals surface area contributed by atoms with Crippen molar-refractivity contribution in [3.8, 4) is 5.75 Å². The Balaban J connectivity index is 1.56. The summed E-state index contributed by atoms with van der Waals surface area (Å²) in [5.41, 5.74) is 7.05. The van der Waals surface area contributed by atoms with Crippen LogP contribution in [0.25, 0.3) is 0 Å². The molecule has 21 heavy (non-hydrogen) atoms. The average molecular weight is 280 g/mol. The van der Waals surface area contributed by atoms with Crippen molar-refractivity contribution in [2.45, 2.75) is 24.8 Å². The van der Waals surface area contributed by atoms with E-state index in [-0.39, 0.29) is 6.04 Å². The molecule has 0 spiro atoms. The molecule has 3 unspecified atom stereocenters. The van der Waals surface area contributed by atoms with Crippen LogP contribution >= 0.6 is 0 Å². The summed E-state index contributed by atoms with van der Waals surface area (Å²) in [5.74, 6) is 8.09. The zero-order valence-electron chi connectivity index (χ0n) is 12.0. The number of hydrazine groups is 1. The number of benzene rings is 2. The Bertz CT molecular complexity index is 641. The number of fused-ring (bicyclic) bond motifs is 1. The Hall–Kier alpha value is -1.84. The van der Waals surface area contributed by atoms with Gasteiger partial charge < -0.3 is 4.74 Å². The Labute approximate surface area is 125 Å². The van der Waals surface area contributed by atoms with Crippen LogP contribution in [-0.2, 0) is 6.42 Å². The molecule has 2 aliphatic rings. The molecule has 4 rings (SSSR count). The van der Waals surface area contributed by atoms with Crippen LogP contribution in [-0.4, -0.2) is 6.61 Å². The van der Waals surface area contributed by atoms with Crippen molar-refractivity contribution >= 4 is 0 Å². The number of rotatable bonds is 4. The molecule has 0 bridgehead atoms. The Morgan fingerprint density at radius 1 is 1.14 bits per heavy atom. The highest BCUT2D eigenvalue weighted by Gasteiger charge is 2.44. The number of hydrogen-bond acceptors (Lipinski definition) is 3. The van der Waals surface area contributed by atoms with Crippen LogP contribution in [0.3, 0.4) is 0 Å². The standard InChI is InChI=1S/C18H20N2O/c19-20-18(14-6-7-17-13(10-14)8-9-21-17)16-11-15(16)12-4-2-1-3-5-12/h1-7,10,15-16,18,20H,8-9,11,19H2. The quantitative estimate of drug-likeness (QED) is 0.668. The molecule has 0 saturated heterocycles. The molecule has 3 heteroatoms. The number of nitrogens with two attached hydrogens (primary N) is 1. The molecule has 3 N–H and O–H groups in total. The summed E-state index contributed by atoms with van der Waals surface area (Å²) >= 11 is 0. The molecule has 1 heterocycles. The van der Waals surface area contributed by atoms with E-state index in [4.69, 9.17) is 10.6 Å². The largest absolute Gasteiger partial charge is 0.493 e. The van der Waals surface area contributed by atoms with Gasteiger partial charge in [-0.05, 0) is 41.0 Å². The highest BCUT2D eigenvalue weighted by molar-refractivity contribution is 5.42. The predicted molar refractivity (Wildman–Crippen MR) is 83.0 cm³/mol. The van der Waals surface area contributed by atoms with Crippen LogP contribution in [0.4, 0.5) is 0 Å². The van der Waals surface area contributed by atoms with Gasteiger partial charge in [-0.15, -0.1) is 0 Å². The third kappa shape index (κ3) is 2.33. The lowest BCUT2D eigenvalue weighted by atomic mass is 9.97. The van der Waals surface area contributed by atoms with E-state index in [1.807, 2.05) is 0 Å². The molecule has 108 valence electrons. The van der Waals surface area contributed by atoms with Gasteiger partial charge in [0.15, 0.2) is 0 Å². The Kier molecular flexibility index (Phi) is 3.17. The van der Waals surface area contributed by atoms with Gasteiger partial charge in [0.05, 0.1) is 6.61 Å². The van der Waals surface area contributed by atoms with Gasteiger partial charge in [0.1, 0.15) is 5.75 Å². The van der Waals surface area contributed by atoms with E-state index in [1.165, 1.54) is 23.1 Å². The Morgan fingerprint density at radius 2 is 2.00 bits per heavy atom. The lowest BCUT2D eigenvalue weighted by Crippen LogP contribution is -2.29. The van der Waals surface area contributed by atoms with Crippen LogP contribution in [0, 0.1) is 5.92 Å². The first-order valence-electron chi connectivity index (χ1n) is 7.63. The molecule has 1 aliphatic carbocycles. The second kappa shape index (κ2) is 5.17. The molecule has 2 aromatic rings. The number of ether oxygens (including phenoxy) is 1. The van der Waals surface area contributed by atoms with Gasteiger partial charge in [0.2, 0.25) is 0 Å². The third-order valence-corrected chi connectivity index (χ3v) is 4.75. The summed E-state index contributed by atoms with van der Waals surface area (Å²) in [5, 5.41) is 0. The highest BCUT2D eigenvalue weighted by Crippen LogP contribution is 2.54. The van der Waals surface area contributed by atoms with Crippen LogP contribution in [0.1, 0.15) is 35.1 Å². The second-order valence-corrected chi connectivity index (χ2v) is 6.03. The molecule has 3 nitrogen and oxygen atoms in total. The van der Waals surface area contributed by atoms with Crippen molar-refractivity contribution < 1.29 is 4.74 Å². The van der Waals surface area contributed by atoms with E-state index in [2.05, 4.69) is 54.0 Å². The summed E-state index contributed by atoms with van der Waals surface area (Å²) in [4.78, 5) is 0. The molecular weight excluding hydrogens is 260 g/mol. The zero-order chi connectivity index (χ0) is 14.2. The molecule has 1 saturated carbocycles. The molecular formula is C18H20N2O. The molecule has 1 aliphatic heterocycles. The molecule has 0 radical (unpaired) electrons. The molecule has 2 aromatic carbocycles. The lowest BCUT2D eigenvalue weighted by molar-refractivity contribution is 0.356. The van der Waals surface area contributed by atoms with E-state index in [9.17, 15) is 0 Å². The van der Waals surface area contributed by atoms with Gasteiger partial charge in [-0.25, -0.2) is 0 Å². The van der Waals surface area contributed by atoms with Crippen LogP contribution in [0.15, 0.2) is 48.5 Å². The summed E-state index contributed by atoms with van der Waals surface area (Å²) in [6, 6.07) is 17.4. The maximum Gasteiger partial charge on any atom is 0.122 e. The maximum atomic E-state index is 5.85. The fraction of sp³-hybridized carbons (Fsp3) is 0.333. The molecule has 0 aromatic heterocycles. The topological polar surface area (TPSA) is 47.3 Å². The highest BCUT2D eigenvalue weighted by atomic mass is 16.5. The van der Waals surface area contributed by atoms with Crippen LogP contribution in [0.2, 0.25) is 0 Å². The van der Waals surface area contributed by atoms with Gasteiger partial charge in [-0.3, -0.25) is 11.3 Å². The first-order chi connectivity index (χ1) is 10.4. The van der Waals surface area contributed by atoms with Gasteiger partial charge in [-0.1, -0.05) is 42.5 Å². The van der Waals surface area contributed by atoms with Crippen molar-refractivity contribution in [3.63, 3.8) is 0 Å². The summed E-state index contributed by atoms with van der Waals surface area (Å²) in [6.45, 7) is 0.801. The first kappa shape index (κ1) is 12.9. The number of nitrogens with one attached hydrogen (secondary N) is 1. The van der Waals surface area contributed by atoms with Crippen molar-refractivity contribution in [3.05, 3.63) is 65.2 Å². The van der Waals surface area contributed by atoms with Gasteiger partial charge in [0, 0.05) is 12.5 Å². The van der Waals surface area contributed by atoms with E-state index in [0.29, 0.717) is 11.8 Å². The average Bonchev–Trinajstić information content (AvgIpc) is 3.17. The second-order valence-electron chi connectivity index (χ2n) is 6.03. The van der Waals surface area contributed by atoms with Crippen molar-refractivity contribution in [2.75, 3.05) is 6.61 Å². The molecule has 1 fully saturated rings. The van der Waals surface area contributed by atoms with E-state index in [0.717, 1.165) is 18.8 Å². The van der Waals surface area contributed by atoms with Gasteiger partial charge in [0.25, 0.3) is 0 Å². The van der Waals surface area contributed by atoms with Crippen molar-refractivity contribution in [1.82, 2.24) is 5.43 Å². The fourth-order valence-electron chi connectivity index (χ4n) is 3.53. The minimum atomic E-state index is 0.223. The normalized spacial score (nSPS) is 24.2. The predicted octanol–water partition coefficient (Wildman–Crippen LogP) is 2.93. The fourth-order valence-corrected chi connectivity index (χ4v) is 3.53. The van der Waals surface area contributed by atoms with Crippen LogP contribution in [0.5, 0.6) is 5.75 Å². The molecule has 3 atom stereocenters. The summed E-state index contributed by atoms with van der Waals surface area (Å²) in [6.07, 6.45) is 2.21. The molecule has 0 amide bonds. The lowest BCUT2D eigenvalue weighted by Gasteiger charge is -2.17. The van der Waals surface area contributed by atoms with Crippen LogP contribution < -0.4 is 16.0 Å². The van der Waals surface area contributed by atoms with E-state index < -0.39 is 0 Å². The monoisotopic (exact) mass is 280 g/mol. The number of hydrogen-bond donors (Lipinski definition) is 2. The zero-order valence-corrected chi connectivity index (χ0v) is 12.0. The smallest absolute Gasteiger partial charge is 0.122 e. The van der Waals surface area contributed by atoms with Crippen molar-refractivity contribution in [2.24, 2.45) is 11.8 Å². The third-order valence-electron chi connectivity index (χ3n) is 4.75. The van der Waals surface area contributed by atoms with Gasteiger partial charge in [-0.2, -0.15) is 0 Å². The summed E-state index contributed by atoms with van der Waals surface area (Å²) < 4.78 is 5.58. The van der Waals surface area contributed by atoms with E-state index in [1.54, 1.807) is 0 Å². The minimum absolute atomic E-state index is 0.223. The Morgan fingerprint density at radius 3 is 2.81 bits per heavy atom. The van der Waals surface area contributed by atoms with Gasteiger partial charge >= 0.3 is 0 Å². The first-order valence-corrected chi connectivity index (χ1v) is 7.63. The maximum absolute atomic E-state index is 5.85.